The molecule has 1 amide bonds. The van der Waals surface area contributed by atoms with Crippen LogP contribution in [-0.2, 0) is 22.6 Å². The van der Waals surface area contributed by atoms with Crippen LogP contribution in [0.2, 0.25) is 5.02 Å². The Kier molecular flexibility index (Phi) is 5.81. The number of nitrogens with zero attached hydrogens (tertiary/aromatic N) is 2. The highest BCUT2D eigenvalue weighted by molar-refractivity contribution is 6.31. The van der Waals surface area contributed by atoms with Gasteiger partial charge < -0.3 is 24.0 Å². The Labute approximate surface area is 178 Å². The molecule has 0 fully saturated rings. The van der Waals surface area contributed by atoms with Gasteiger partial charge in [0.2, 0.25) is 0 Å². The first-order valence-electron chi connectivity index (χ1n) is 9.33. The van der Waals surface area contributed by atoms with E-state index in [4.69, 9.17) is 21.1 Å². The number of hydrogen-bond acceptors (Lipinski definition) is 5. The second kappa shape index (κ2) is 8.02. The zero-order valence-corrected chi connectivity index (χ0v) is 17.9. The molecule has 0 spiro atoms. The third-order valence-corrected chi connectivity index (χ3v) is 4.92. The van der Waals surface area contributed by atoms with Crippen LogP contribution in [0.4, 0.5) is 4.79 Å². The largest absolute Gasteiger partial charge is 0.478 e. The number of ether oxygens (including phenoxy) is 2. The summed E-state index contributed by atoms with van der Waals surface area (Å²) >= 11 is 6.11. The predicted molar refractivity (Wildman–Crippen MR) is 110 cm³/mol. The molecule has 0 bridgehead atoms. The van der Waals surface area contributed by atoms with Crippen molar-refractivity contribution in [1.82, 2.24) is 9.47 Å². The second-order valence-electron chi connectivity index (χ2n) is 7.93. The number of methoxy groups -OCH3 is 1. The normalized spacial score (nSPS) is 13.6. The van der Waals surface area contributed by atoms with Crippen molar-refractivity contribution < 1.29 is 29.0 Å². The standard InChI is InChI=1S/C21H23ClN2O6/c1-21(2,3)30-20(28)23-7-8-24-16(10-15(17(24)11-23)19(27)29-4)14-9-12(22)5-6-13(14)18(25)26/h5-6,9-10H,7-8,11H2,1-4H3,(H,25,26). The van der Waals surface area contributed by atoms with Crippen LogP contribution in [0.15, 0.2) is 24.3 Å². The minimum Gasteiger partial charge on any atom is -0.478 e. The summed E-state index contributed by atoms with van der Waals surface area (Å²) < 4.78 is 12.2. The van der Waals surface area contributed by atoms with Gasteiger partial charge in [-0.25, -0.2) is 14.4 Å². The van der Waals surface area contributed by atoms with E-state index < -0.39 is 23.6 Å². The first kappa shape index (κ1) is 21.7. The minimum absolute atomic E-state index is 0.0608. The average Bonchev–Trinajstić information content (AvgIpc) is 3.04. The smallest absolute Gasteiger partial charge is 0.410 e. The van der Waals surface area contributed by atoms with Gasteiger partial charge in [-0.1, -0.05) is 11.6 Å². The number of carboxylic acid groups (broad SMARTS) is 1. The number of aromatic carboxylic acids is 1. The molecule has 8 nitrogen and oxygen atoms in total. The summed E-state index contributed by atoms with van der Waals surface area (Å²) in [6, 6.07) is 6.06. The van der Waals surface area contributed by atoms with Crippen LogP contribution in [-0.4, -0.2) is 51.9 Å². The van der Waals surface area contributed by atoms with Crippen LogP contribution < -0.4 is 0 Å². The number of rotatable bonds is 3. The third-order valence-electron chi connectivity index (χ3n) is 4.69. The van der Waals surface area contributed by atoms with Gasteiger partial charge in [-0.15, -0.1) is 0 Å². The zero-order chi connectivity index (χ0) is 22.2. The fourth-order valence-corrected chi connectivity index (χ4v) is 3.57. The lowest BCUT2D eigenvalue weighted by molar-refractivity contribution is 0.0196. The summed E-state index contributed by atoms with van der Waals surface area (Å²) in [5.74, 6) is -1.68. The fraction of sp³-hybridized carbons (Fsp3) is 0.381. The van der Waals surface area contributed by atoms with E-state index in [1.165, 1.54) is 24.1 Å². The van der Waals surface area contributed by atoms with Crippen LogP contribution >= 0.6 is 11.6 Å². The maximum absolute atomic E-state index is 12.5. The second-order valence-corrected chi connectivity index (χ2v) is 8.37. The van der Waals surface area contributed by atoms with E-state index in [1.54, 1.807) is 32.9 Å². The molecule has 0 saturated heterocycles. The van der Waals surface area contributed by atoms with Gasteiger partial charge in [0, 0.05) is 23.7 Å². The maximum atomic E-state index is 12.5. The van der Waals surface area contributed by atoms with E-state index in [0.717, 1.165) is 0 Å². The number of hydrogen-bond donors (Lipinski definition) is 1. The van der Waals surface area contributed by atoms with Gasteiger partial charge >= 0.3 is 18.0 Å². The zero-order valence-electron chi connectivity index (χ0n) is 17.2. The summed E-state index contributed by atoms with van der Waals surface area (Å²) in [7, 11) is 1.27. The molecule has 3 rings (SSSR count). The van der Waals surface area contributed by atoms with E-state index >= 15 is 0 Å². The van der Waals surface area contributed by atoms with Crippen LogP contribution in [0.25, 0.3) is 11.3 Å². The lowest BCUT2D eigenvalue weighted by Crippen LogP contribution is -2.41. The third kappa shape index (κ3) is 4.28. The van der Waals surface area contributed by atoms with Crippen molar-refractivity contribution in [2.75, 3.05) is 13.7 Å². The van der Waals surface area contributed by atoms with Crippen LogP contribution in [0.5, 0.6) is 0 Å². The summed E-state index contributed by atoms with van der Waals surface area (Å²) in [6.45, 7) is 6.16. The molecule has 1 aromatic heterocycles. The van der Waals surface area contributed by atoms with Gasteiger partial charge in [0.25, 0.3) is 0 Å². The highest BCUT2D eigenvalue weighted by atomic mass is 35.5. The number of esters is 1. The Morgan fingerprint density at radius 1 is 1.10 bits per heavy atom. The SMILES string of the molecule is COC(=O)c1cc(-c2cc(Cl)ccc2C(=O)O)n2c1CN(C(=O)OC(C)(C)C)CC2. The number of halogens is 1. The monoisotopic (exact) mass is 434 g/mol. The Hall–Kier alpha value is -3.00. The Balaban J connectivity index is 2.09. The number of fused-ring (bicyclic) bond motifs is 1. The molecular formula is C21H23ClN2O6. The van der Waals surface area contributed by atoms with Crippen molar-refractivity contribution >= 4 is 29.6 Å². The first-order valence-corrected chi connectivity index (χ1v) is 9.71. The van der Waals surface area contributed by atoms with E-state index in [0.29, 0.717) is 35.1 Å². The van der Waals surface area contributed by atoms with Crippen molar-refractivity contribution in [2.45, 2.75) is 39.5 Å². The molecule has 0 atom stereocenters. The maximum Gasteiger partial charge on any atom is 0.410 e. The summed E-state index contributed by atoms with van der Waals surface area (Å²) in [5.41, 5.74) is 1.13. The van der Waals surface area contributed by atoms with Crippen molar-refractivity contribution in [3.05, 3.63) is 46.1 Å². The molecule has 0 saturated carbocycles. The molecule has 0 aliphatic carbocycles. The van der Waals surface area contributed by atoms with E-state index in [2.05, 4.69) is 0 Å². The van der Waals surface area contributed by atoms with Crippen molar-refractivity contribution in [3.8, 4) is 11.3 Å². The number of carbonyl (C=O) groups is 3. The minimum atomic E-state index is -1.11. The summed E-state index contributed by atoms with van der Waals surface area (Å²) in [4.78, 5) is 38.2. The quantitative estimate of drug-likeness (QED) is 0.732. The number of amides is 1. The number of benzene rings is 1. The van der Waals surface area contributed by atoms with Gasteiger partial charge in [0.15, 0.2) is 0 Å². The lowest BCUT2D eigenvalue weighted by atomic mass is 10.0. The first-order chi connectivity index (χ1) is 14.0. The van der Waals surface area contributed by atoms with E-state index in [-0.39, 0.29) is 17.7 Å². The van der Waals surface area contributed by atoms with Crippen LogP contribution in [0.3, 0.4) is 0 Å². The molecule has 1 N–H and O–H groups in total. The highest BCUT2D eigenvalue weighted by Crippen LogP contribution is 2.34. The summed E-state index contributed by atoms with van der Waals surface area (Å²) in [5, 5.41) is 9.97. The van der Waals surface area contributed by atoms with Gasteiger partial charge in [-0.2, -0.15) is 0 Å². The highest BCUT2D eigenvalue weighted by Gasteiger charge is 2.32. The van der Waals surface area contributed by atoms with Crippen LogP contribution in [0, 0.1) is 0 Å². The van der Waals surface area contributed by atoms with Gasteiger partial charge in [0.05, 0.1) is 36.2 Å². The molecule has 1 aromatic carbocycles. The molecule has 1 aliphatic rings. The fourth-order valence-electron chi connectivity index (χ4n) is 3.40. The van der Waals surface area contributed by atoms with Gasteiger partial charge in [0.1, 0.15) is 5.60 Å². The van der Waals surface area contributed by atoms with Crippen molar-refractivity contribution in [1.29, 1.82) is 0 Å². The van der Waals surface area contributed by atoms with Crippen LogP contribution in [0.1, 0.15) is 47.2 Å². The topological polar surface area (TPSA) is 98.1 Å². The van der Waals surface area contributed by atoms with E-state index in [1.807, 2.05) is 4.57 Å². The molecule has 2 heterocycles. The van der Waals surface area contributed by atoms with Crippen molar-refractivity contribution in [2.24, 2.45) is 0 Å². The molecular weight excluding hydrogens is 412 g/mol. The van der Waals surface area contributed by atoms with Crippen molar-refractivity contribution in [3.63, 3.8) is 0 Å². The number of carboxylic acids is 1. The molecule has 1 aliphatic heterocycles. The molecule has 30 heavy (non-hydrogen) atoms. The Morgan fingerprint density at radius 3 is 2.40 bits per heavy atom. The summed E-state index contributed by atoms with van der Waals surface area (Å²) in [6.07, 6.45) is -0.485. The van der Waals surface area contributed by atoms with E-state index in [9.17, 15) is 19.5 Å². The lowest BCUT2D eigenvalue weighted by Gasteiger charge is -2.32. The number of aromatic nitrogens is 1. The molecule has 0 radical (unpaired) electrons. The molecule has 2 aromatic rings. The van der Waals surface area contributed by atoms with Gasteiger partial charge in [-0.05, 0) is 45.0 Å². The molecule has 160 valence electrons. The molecule has 9 heteroatoms. The Bertz CT molecular complexity index is 1020. The number of carbonyl (C=O) groups excluding carboxylic acids is 2. The molecule has 0 unspecified atom stereocenters. The Morgan fingerprint density at radius 2 is 1.80 bits per heavy atom. The average molecular weight is 435 g/mol. The van der Waals surface area contributed by atoms with Gasteiger partial charge in [-0.3, -0.25) is 0 Å². The predicted octanol–water partition coefficient (Wildman–Crippen LogP) is 4.04.